The molecule has 4 nitrogen and oxygen atoms in total. The number of benzene rings is 2. The molecule has 1 fully saturated rings. The Morgan fingerprint density at radius 1 is 0.758 bits per heavy atom. The molecule has 0 amide bonds. The van der Waals surface area contributed by atoms with Gasteiger partial charge in [-0.2, -0.15) is 0 Å². The smallest absolute Gasteiger partial charge is 0.307 e. The van der Waals surface area contributed by atoms with Crippen molar-refractivity contribution in [1.82, 2.24) is 0 Å². The highest BCUT2D eigenvalue weighted by atomic mass is 16.4. The fourth-order valence-corrected chi connectivity index (χ4v) is 7.41. The summed E-state index contributed by atoms with van der Waals surface area (Å²) in [6.45, 7) is 4.82. The number of fused-ring (bicyclic) bond motifs is 8. The van der Waals surface area contributed by atoms with Gasteiger partial charge in [0.05, 0.1) is 12.8 Å². The summed E-state index contributed by atoms with van der Waals surface area (Å²) in [5.74, 6) is -1.59. The summed E-state index contributed by atoms with van der Waals surface area (Å²) in [4.78, 5) is 22.6. The van der Waals surface area contributed by atoms with Crippen molar-refractivity contribution in [2.75, 3.05) is 0 Å². The van der Waals surface area contributed by atoms with Crippen LogP contribution in [0.5, 0.6) is 0 Å². The van der Waals surface area contributed by atoms with E-state index in [1.54, 1.807) is 0 Å². The number of aliphatic carboxylic acids is 2. The summed E-state index contributed by atoms with van der Waals surface area (Å²) in [5, 5.41) is 18.6. The summed E-state index contributed by atoms with van der Waals surface area (Å²) in [5.41, 5.74) is 12.8. The Morgan fingerprint density at radius 3 is 1.58 bits per heavy atom. The molecule has 168 valence electrons. The number of hydrogen-bond acceptors (Lipinski definition) is 2. The van der Waals surface area contributed by atoms with E-state index in [0.717, 1.165) is 36.8 Å². The van der Waals surface area contributed by atoms with Crippen LogP contribution in [0.3, 0.4) is 0 Å². The van der Waals surface area contributed by atoms with Crippen LogP contribution in [-0.2, 0) is 35.3 Å². The molecule has 0 aromatic heterocycles. The zero-order valence-electron chi connectivity index (χ0n) is 19.1. The molecular formula is C29H28O4. The Kier molecular flexibility index (Phi) is 4.15. The molecular weight excluding hydrogens is 412 g/mol. The third-order valence-corrected chi connectivity index (χ3v) is 8.82. The topological polar surface area (TPSA) is 74.6 Å². The average molecular weight is 441 g/mol. The molecule has 2 aromatic rings. The molecule has 0 bridgehead atoms. The fourth-order valence-electron chi connectivity index (χ4n) is 7.41. The van der Waals surface area contributed by atoms with Crippen molar-refractivity contribution in [2.45, 2.75) is 58.8 Å². The molecule has 33 heavy (non-hydrogen) atoms. The van der Waals surface area contributed by atoms with Gasteiger partial charge in [-0.3, -0.25) is 9.59 Å². The van der Waals surface area contributed by atoms with Crippen molar-refractivity contribution in [1.29, 1.82) is 0 Å². The van der Waals surface area contributed by atoms with Crippen LogP contribution in [0, 0.1) is 10.8 Å². The minimum absolute atomic E-state index is 0.0553. The number of carboxylic acids is 2. The summed E-state index contributed by atoms with van der Waals surface area (Å²) in [6, 6.07) is 12.5. The maximum absolute atomic E-state index is 11.3. The average Bonchev–Trinajstić information content (AvgIpc) is 3.38. The van der Waals surface area contributed by atoms with Crippen LogP contribution in [0.25, 0.3) is 11.1 Å². The van der Waals surface area contributed by atoms with Crippen LogP contribution in [0.1, 0.15) is 66.5 Å². The minimum Gasteiger partial charge on any atom is -0.481 e. The van der Waals surface area contributed by atoms with Crippen molar-refractivity contribution in [2.24, 2.45) is 10.8 Å². The maximum atomic E-state index is 11.3. The first kappa shape index (κ1) is 20.5. The summed E-state index contributed by atoms with van der Waals surface area (Å²) >= 11 is 0. The number of carboxylic acid groups (broad SMARTS) is 2. The highest BCUT2D eigenvalue weighted by Crippen LogP contribution is 2.71. The van der Waals surface area contributed by atoms with Gasteiger partial charge in [0.1, 0.15) is 0 Å². The highest BCUT2D eigenvalue weighted by Gasteiger charge is 2.59. The molecule has 2 atom stereocenters. The van der Waals surface area contributed by atoms with Gasteiger partial charge in [0.25, 0.3) is 0 Å². The molecule has 0 heterocycles. The molecule has 0 aliphatic heterocycles. The molecule has 6 rings (SSSR count). The second-order valence-corrected chi connectivity index (χ2v) is 10.7. The van der Waals surface area contributed by atoms with E-state index in [-0.39, 0.29) is 23.7 Å². The van der Waals surface area contributed by atoms with E-state index in [4.69, 9.17) is 0 Å². The summed E-state index contributed by atoms with van der Waals surface area (Å²) in [7, 11) is 0. The van der Waals surface area contributed by atoms with Gasteiger partial charge < -0.3 is 10.2 Å². The zero-order chi connectivity index (χ0) is 23.1. The number of carbonyl (C=O) groups is 2. The lowest BCUT2D eigenvalue weighted by Crippen LogP contribution is -2.40. The molecule has 0 radical (unpaired) electrons. The van der Waals surface area contributed by atoms with E-state index in [2.05, 4.69) is 38.1 Å². The Labute approximate surface area is 193 Å². The second kappa shape index (κ2) is 6.69. The first-order chi connectivity index (χ1) is 15.7. The Balaban J connectivity index is 1.54. The van der Waals surface area contributed by atoms with E-state index in [9.17, 15) is 19.8 Å². The van der Waals surface area contributed by atoms with Crippen molar-refractivity contribution < 1.29 is 19.8 Å². The molecule has 0 saturated heterocycles. The van der Waals surface area contributed by atoms with E-state index < -0.39 is 11.9 Å². The minimum atomic E-state index is -0.795. The molecule has 0 spiro atoms. The van der Waals surface area contributed by atoms with E-state index in [0.29, 0.717) is 0 Å². The maximum Gasteiger partial charge on any atom is 0.307 e. The van der Waals surface area contributed by atoms with Crippen molar-refractivity contribution in [3.63, 3.8) is 0 Å². The normalized spacial score (nSPS) is 26.6. The SMILES string of the molecule is CC12Cc3cc(CC(=O)O)ccc3C1=C1CCCC1=C1c3ccc(CC(=O)O)cc3CC12C. The van der Waals surface area contributed by atoms with Crippen LogP contribution >= 0.6 is 0 Å². The van der Waals surface area contributed by atoms with Crippen LogP contribution in [0.2, 0.25) is 0 Å². The van der Waals surface area contributed by atoms with Gasteiger partial charge in [-0.05, 0) is 87.8 Å². The Hall–Kier alpha value is -3.14. The standard InChI is InChI=1S/C29H28O4/c1-28-14-18-10-16(12-24(30)31)6-8-20(18)26(28)22-4-3-5-23(22)27-21-9-7-17(13-25(32)33)11-19(21)15-29(27,28)2/h6-11H,3-5,12-15H2,1-2H3,(H,30,31)(H,32,33). The monoisotopic (exact) mass is 440 g/mol. The number of allylic oxidation sites excluding steroid dienone is 4. The lowest BCUT2D eigenvalue weighted by molar-refractivity contribution is -0.137. The number of hydrogen-bond donors (Lipinski definition) is 2. The third kappa shape index (κ3) is 2.70. The summed E-state index contributed by atoms with van der Waals surface area (Å²) < 4.78 is 0. The lowest BCUT2D eigenvalue weighted by Gasteiger charge is -2.49. The predicted molar refractivity (Wildman–Crippen MR) is 127 cm³/mol. The lowest BCUT2D eigenvalue weighted by atomic mass is 9.54. The van der Waals surface area contributed by atoms with Crippen LogP contribution in [0.4, 0.5) is 0 Å². The van der Waals surface area contributed by atoms with Crippen molar-refractivity contribution in [3.8, 4) is 0 Å². The van der Waals surface area contributed by atoms with E-state index in [1.165, 1.54) is 51.0 Å². The predicted octanol–water partition coefficient (Wildman–Crippen LogP) is 5.47. The molecule has 2 aromatic carbocycles. The zero-order valence-corrected chi connectivity index (χ0v) is 19.1. The number of rotatable bonds is 4. The fraction of sp³-hybridized carbons (Fsp3) is 0.379. The highest BCUT2D eigenvalue weighted by molar-refractivity contribution is 5.96. The van der Waals surface area contributed by atoms with Crippen molar-refractivity contribution in [3.05, 3.63) is 80.9 Å². The second-order valence-electron chi connectivity index (χ2n) is 10.7. The first-order valence-corrected chi connectivity index (χ1v) is 11.9. The van der Waals surface area contributed by atoms with Gasteiger partial charge in [0, 0.05) is 10.8 Å². The van der Waals surface area contributed by atoms with Crippen LogP contribution in [-0.4, -0.2) is 22.2 Å². The van der Waals surface area contributed by atoms with E-state index in [1.807, 2.05) is 12.1 Å². The molecule has 2 unspecified atom stereocenters. The van der Waals surface area contributed by atoms with E-state index >= 15 is 0 Å². The molecule has 4 aliphatic carbocycles. The molecule has 1 saturated carbocycles. The van der Waals surface area contributed by atoms with Crippen LogP contribution in [0.15, 0.2) is 47.5 Å². The first-order valence-electron chi connectivity index (χ1n) is 11.9. The Bertz CT molecular complexity index is 1230. The van der Waals surface area contributed by atoms with Crippen molar-refractivity contribution >= 4 is 23.1 Å². The van der Waals surface area contributed by atoms with Gasteiger partial charge >= 0.3 is 11.9 Å². The van der Waals surface area contributed by atoms with Gasteiger partial charge in [-0.1, -0.05) is 50.2 Å². The summed E-state index contributed by atoms with van der Waals surface area (Å²) in [6.07, 6.45) is 5.31. The molecule has 4 aliphatic rings. The third-order valence-electron chi connectivity index (χ3n) is 8.82. The Morgan fingerprint density at radius 2 is 1.18 bits per heavy atom. The van der Waals surface area contributed by atoms with Gasteiger partial charge in [0.15, 0.2) is 0 Å². The van der Waals surface area contributed by atoms with Crippen LogP contribution < -0.4 is 0 Å². The van der Waals surface area contributed by atoms with Gasteiger partial charge in [0.2, 0.25) is 0 Å². The van der Waals surface area contributed by atoms with Gasteiger partial charge in [-0.15, -0.1) is 0 Å². The van der Waals surface area contributed by atoms with Gasteiger partial charge in [-0.25, -0.2) is 0 Å². The molecule has 4 heteroatoms. The quantitative estimate of drug-likeness (QED) is 0.661. The molecule has 2 N–H and O–H groups in total. The largest absolute Gasteiger partial charge is 0.481 e.